The fourth-order valence-corrected chi connectivity index (χ4v) is 2.29. The summed E-state index contributed by atoms with van der Waals surface area (Å²) in [6, 6.07) is 4.02. The average Bonchev–Trinajstić information content (AvgIpc) is 2.98. The van der Waals surface area contributed by atoms with Gasteiger partial charge in [0.15, 0.2) is 28.7 Å². The number of ether oxygens (including phenoxy) is 1. The van der Waals surface area contributed by atoms with Gasteiger partial charge in [-0.05, 0) is 30.5 Å². The molecule has 1 heterocycles. The fraction of sp³-hybridized carbons (Fsp3) is 0.412. The molecule has 130 valence electrons. The lowest BCUT2D eigenvalue weighted by atomic mass is 10.1. The van der Waals surface area contributed by atoms with E-state index in [9.17, 15) is 14.3 Å². The first-order valence-corrected chi connectivity index (χ1v) is 7.63. The van der Waals surface area contributed by atoms with Crippen LogP contribution >= 0.6 is 0 Å². The molecule has 0 aliphatic rings. The predicted octanol–water partition coefficient (Wildman–Crippen LogP) is 3.67. The van der Waals surface area contributed by atoms with Crippen molar-refractivity contribution in [2.45, 2.75) is 20.3 Å². The van der Waals surface area contributed by atoms with Gasteiger partial charge in [0.05, 0.1) is 7.11 Å². The first-order valence-electron chi connectivity index (χ1n) is 7.63. The Labute approximate surface area is 139 Å². The molecular weight excluding hydrogens is 315 g/mol. The summed E-state index contributed by atoms with van der Waals surface area (Å²) in [6.07, 6.45) is 0.891. The zero-order valence-corrected chi connectivity index (χ0v) is 14.2. The van der Waals surface area contributed by atoms with Crippen LogP contribution in [0.4, 0.5) is 10.2 Å². The normalized spacial score (nSPS) is 10.9. The lowest BCUT2D eigenvalue weighted by Crippen LogP contribution is -2.22. The Kier molecular flexibility index (Phi) is 5.43. The fourth-order valence-electron chi connectivity index (χ4n) is 2.29. The number of hydrogen-bond acceptors (Lipinski definition) is 5. The lowest BCUT2D eigenvalue weighted by molar-refractivity contribution is 0.0698. The van der Waals surface area contributed by atoms with Crippen molar-refractivity contribution in [2.24, 2.45) is 5.92 Å². The summed E-state index contributed by atoms with van der Waals surface area (Å²) < 4.78 is 23.8. The van der Waals surface area contributed by atoms with E-state index in [1.54, 1.807) is 11.9 Å². The number of rotatable bonds is 7. The second kappa shape index (κ2) is 7.33. The minimum atomic E-state index is -1.15. The van der Waals surface area contributed by atoms with Crippen LogP contribution in [0, 0.1) is 11.7 Å². The average molecular weight is 336 g/mol. The van der Waals surface area contributed by atoms with Crippen LogP contribution in [0.25, 0.3) is 11.3 Å². The van der Waals surface area contributed by atoms with Crippen LogP contribution in [0.5, 0.6) is 5.75 Å². The van der Waals surface area contributed by atoms with E-state index in [2.05, 4.69) is 19.0 Å². The highest BCUT2D eigenvalue weighted by molar-refractivity contribution is 5.99. The summed E-state index contributed by atoms with van der Waals surface area (Å²) in [5.74, 6) is -0.870. The van der Waals surface area contributed by atoms with Gasteiger partial charge in [-0.2, -0.15) is 0 Å². The number of carboxylic acid groups (broad SMARTS) is 1. The standard InChI is InChI=1S/C17H21FN2O4/c1-10(2)7-8-20(3)16-14(17(21)22)15(24-19-16)11-5-6-12(18)13(9-11)23-4/h5-6,9-10H,7-8H2,1-4H3,(H,21,22). The molecule has 24 heavy (non-hydrogen) atoms. The molecule has 0 aliphatic carbocycles. The number of hydrogen-bond donors (Lipinski definition) is 1. The van der Waals surface area contributed by atoms with E-state index in [-0.39, 0.29) is 22.9 Å². The van der Waals surface area contributed by atoms with Gasteiger partial charge in [-0.3, -0.25) is 0 Å². The quantitative estimate of drug-likeness (QED) is 0.831. The number of halogens is 1. The summed E-state index contributed by atoms with van der Waals surface area (Å²) in [6.45, 7) is 4.83. The Hall–Kier alpha value is -2.57. The monoisotopic (exact) mass is 336 g/mol. The third-order valence-corrected chi connectivity index (χ3v) is 3.70. The molecule has 0 aliphatic heterocycles. The smallest absolute Gasteiger partial charge is 0.343 e. The number of aromatic carboxylic acids is 1. The maximum Gasteiger partial charge on any atom is 0.343 e. The van der Waals surface area contributed by atoms with Crippen molar-refractivity contribution in [3.8, 4) is 17.1 Å². The zero-order valence-electron chi connectivity index (χ0n) is 14.2. The molecule has 0 spiro atoms. The van der Waals surface area contributed by atoms with E-state index in [1.165, 1.54) is 25.3 Å². The van der Waals surface area contributed by atoms with Gasteiger partial charge >= 0.3 is 5.97 Å². The molecule has 0 atom stereocenters. The van der Waals surface area contributed by atoms with E-state index in [0.717, 1.165) is 6.42 Å². The molecule has 0 amide bonds. The van der Waals surface area contributed by atoms with Crippen molar-refractivity contribution in [1.82, 2.24) is 5.16 Å². The first kappa shape index (κ1) is 17.8. The van der Waals surface area contributed by atoms with Crippen molar-refractivity contribution in [3.63, 3.8) is 0 Å². The molecule has 6 nitrogen and oxygen atoms in total. The molecule has 7 heteroatoms. The Bertz CT molecular complexity index is 727. The Morgan fingerprint density at radius 3 is 2.75 bits per heavy atom. The van der Waals surface area contributed by atoms with Crippen LogP contribution in [-0.4, -0.2) is 36.9 Å². The number of benzene rings is 1. The number of carboxylic acids is 1. The van der Waals surface area contributed by atoms with Crippen LogP contribution < -0.4 is 9.64 Å². The van der Waals surface area contributed by atoms with Gasteiger partial charge in [-0.25, -0.2) is 9.18 Å². The zero-order chi connectivity index (χ0) is 17.9. The van der Waals surface area contributed by atoms with Gasteiger partial charge in [0.2, 0.25) is 0 Å². The van der Waals surface area contributed by atoms with Crippen molar-refractivity contribution in [3.05, 3.63) is 29.6 Å². The van der Waals surface area contributed by atoms with Crippen LogP contribution in [0.3, 0.4) is 0 Å². The third-order valence-electron chi connectivity index (χ3n) is 3.70. The van der Waals surface area contributed by atoms with Gasteiger partial charge in [-0.15, -0.1) is 0 Å². The summed E-state index contributed by atoms with van der Waals surface area (Å²) in [7, 11) is 3.10. The van der Waals surface area contributed by atoms with Gasteiger partial charge < -0.3 is 19.3 Å². The molecule has 1 aromatic carbocycles. The van der Waals surface area contributed by atoms with E-state index in [0.29, 0.717) is 18.0 Å². The molecule has 0 saturated carbocycles. The first-order chi connectivity index (χ1) is 11.3. The molecule has 0 unspecified atom stereocenters. The summed E-state index contributed by atoms with van der Waals surface area (Å²) in [5, 5.41) is 13.5. The van der Waals surface area contributed by atoms with Crippen molar-refractivity contribution >= 4 is 11.8 Å². The van der Waals surface area contributed by atoms with Crippen LogP contribution in [0.15, 0.2) is 22.7 Å². The number of anilines is 1. The third kappa shape index (κ3) is 3.67. The molecule has 1 aromatic heterocycles. The summed E-state index contributed by atoms with van der Waals surface area (Å²) in [5.41, 5.74) is 0.344. The maximum atomic E-state index is 13.6. The Morgan fingerprint density at radius 1 is 1.46 bits per heavy atom. The van der Waals surface area contributed by atoms with Gasteiger partial charge in [-0.1, -0.05) is 19.0 Å². The number of nitrogens with zero attached hydrogens (tertiary/aromatic N) is 2. The molecule has 1 N–H and O–H groups in total. The van der Waals surface area contributed by atoms with Crippen LogP contribution in [-0.2, 0) is 0 Å². The van der Waals surface area contributed by atoms with Crippen molar-refractivity contribution < 1.29 is 23.6 Å². The second-order valence-electron chi connectivity index (χ2n) is 5.97. The largest absolute Gasteiger partial charge is 0.494 e. The van der Waals surface area contributed by atoms with Crippen LogP contribution in [0.1, 0.15) is 30.6 Å². The van der Waals surface area contributed by atoms with Gasteiger partial charge in [0, 0.05) is 19.2 Å². The molecule has 0 saturated heterocycles. The molecular formula is C17H21FN2O4. The molecule has 0 fully saturated rings. The highest BCUT2D eigenvalue weighted by atomic mass is 19.1. The summed E-state index contributed by atoms with van der Waals surface area (Å²) in [4.78, 5) is 13.5. The predicted molar refractivity (Wildman–Crippen MR) is 88.1 cm³/mol. The maximum absolute atomic E-state index is 13.6. The molecule has 0 radical (unpaired) electrons. The topological polar surface area (TPSA) is 75.8 Å². The van der Waals surface area contributed by atoms with Gasteiger partial charge in [0.25, 0.3) is 0 Å². The van der Waals surface area contributed by atoms with E-state index >= 15 is 0 Å². The van der Waals surface area contributed by atoms with Gasteiger partial charge in [0.1, 0.15) is 0 Å². The van der Waals surface area contributed by atoms with E-state index in [1.807, 2.05) is 0 Å². The van der Waals surface area contributed by atoms with Crippen molar-refractivity contribution in [1.29, 1.82) is 0 Å². The Balaban J connectivity index is 2.43. The lowest BCUT2D eigenvalue weighted by Gasteiger charge is -2.17. The Morgan fingerprint density at radius 2 is 2.17 bits per heavy atom. The molecule has 2 aromatic rings. The number of methoxy groups -OCH3 is 1. The number of carbonyl (C=O) groups is 1. The minimum Gasteiger partial charge on any atom is -0.494 e. The summed E-state index contributed by atoms with van der Waals surface area (Å²) >= 11 is 0. The second-order valence-corrected chi connectivity index (χ2v) is 5.97. The van der Waals surface area contributed by atoms with Crippen LogP contribution in [0.2, 0.25) is 0 Å². The highest BCUT2D eigenvalue weighted by Crippen LogP contribution is 2.33. The number of aromatic nitrogens is 1. The van der Waals surface area contributed by atoms with E-state index in [4.69, 9.17) is 9.26 Å². The highest BCUT2D eigenvalue weighted by Gasteiger charge is 2.26. The van der Waals surface area contributed by atoms with E-state index < -0.39 is 11.8 Å². The molecule has 0 bridgehead atoms. The van der Waals surface area contributed by atoms with Crippen molar-refractivity contribution in [2.75, 3.05) is 25.6 Å². The SMILES string of the molecule is COc1cc(-c2onc(N(C)CCC(C)C)c2C(=O)O)ccc1F. The molecule has 2 rings (SSSR count). The minimum absolute atomic E-state index is 0.00921.